The van der Waals surface area contributed by atoms with Gasteiger partial charge in [0.15, 0.2) is 5.82 Å². The first-order valence-electron chi connectivity index (χ1n) is 12.8. The summed E-state index contributed by atoms with van der Waals surface area (Å²) in [5.41, 5.74) is 4.38. The van der Waals surface area contributed by atoms with Gasteiger partial charge in [0.2, 0.25) is 4.96 Å². The summed E-state index contributed by atoms with van der Waals surface area (Å²) in [4.78, 5) is 19.4. The molecule has 7 nitrogen and oxygen atoms in total. The van der Waals surface area contributed by atoms with E-state index >= 15 is 0 Å². The lowest BCUT2D eigenvalue weighted by atomic mass is 10.0. The molecular weight excluding hydrogens is 526 g/mol. The van der Waals surface area contributed by atoms with Crippen LogP contribution in [0.3, 0.4) is 0 Å². The molecule has 0 spiro atoms. The SMILES string of the molecule is Cc1cc(-c2nn(-c3ccccc3)cc2C=c2sc3nc(-c4cccs4)nn3c2=O)ccc1OCCC(C)C. The van der Waals surface area contributed by atoms with Gasteiger partial charge in [-0.05, 0) is 72.7 Å². The topological polar surface area (TPSA) is 74.3 Å². The second-order valence-corrected chi connectivity index (χ2v) is 11.7. The van der Waals surface area contributed by atoms with Gasteiger partial charge in [0, 0.05) is 17.3 Å². The molecule has 0 atom stereocenters. The van der Waals surface area contributed by atoms with Crippen molar-refractivity contribution < 1.29 is 4.74 Å². The summed E-state index contributed by atoms with van der Waals surface area (Å²) in [7, 11) is 0. The molecule has 0 fully saturated rings. The Morgan fingerprint density at radius 2 is 1.90 bits per heavy atom. The largest absolute Gasteiger partial charge is 0.493 e. The minimum absolute atomic E-state index is 0.186. The van der Waals surface area contributed by atoms with Crippen molar-refractivity contribution in [3.8, 4) is 33.4 Å². The Balaban J connectivity index is 1.42. The summed E-state index contributed by atoms with van der Waals surface area (Å²) >= 11 is 2.88. The Morgan fingerprint density at radius 1 is 1.05 bits per heavy atom. The molecule has 0 saturated carbocycles. The van der Waals surface area contributed by atoms with E-state index in [1.54, 1.807) is 11.3 Å². The van der Waals surface area contributed by atoms with Crippen molar-refractivity contribution in [2.75, 3.05) is 6.61 Å². The maximum atomic E-state index is 13.3. The number of fused-ring (bicyclic) bond motifs is 1. The van der Waals surface area contributed by atoms with Crippen LogP contribution in [0.2, 0.25) is 0 Å². The van der Waals surface area contributed by atoms with Crippen molar-refractivity contribution >= 4 is 33.7 Å². The van der Waals surface area contributed by atoms with Crippen molar-refractivity contribution in [3.63, 3.8) is 0 Å². The number of thiophene rings is 1. The smallest absolute Gasteiger partial charge is 0.291 e. The van der Waals surface area contributed by atoms with Crippen LogP contribution >= 0.6 is 22.7 Å². The number of ether oxygens (including phenoxy) is 1. The second-order valence-electron chi connectivity index (χ2n) is 9.75. The second kappa shape index (κ2) is 10.6. The average molecular weight is 554 g/mol. The highest BCUT2D eigenvalue weighted by Gasteiger charge is 2.16. The molecule has 4 heterocycles. The lowest BCUT2D eigenvalue weighted by molar-refractivity contribution is 0.288. The van der Waals surface area contributed by atoms with Crippen LogP contribution in [0.25, 0.3) is 38.7 Å². The zero-order valence-corrected chi connectivity index (χ0v) is 23.5. The summed E-state index contributed by atoms with van der Waals surface area (Å²) in [5, 5.41) is 11.4. The van der Waals surface area contributed by atoms with E-state index in [0.717, 1.165) is 45.1 Å². The highest BCUT2D eigenvalue weighted by molar-refractivity contribution is 7.15. The maximum Gasteiger partial charge on any atom is 0.291 e. The zero-order chi connectivity index (χ0) is 26.9. The van der Waals surface area contributed by atoms with E-state index in [1.807, 2.05) is 83.9 Å². The summed E-state index contributed by atoms with van der Waals surface area (Å²) < 4.78 is 9.82. The molecular formula is C30H27N5O2S2. The van der Waals surface area contributed by atoms with Crippen molar-refractivity contribution in [2.24, 2.45) is 5.92 Å². The van der Waals surface area contributed by atoms with E-state index in [1.165, 1.54) is 15.9 Å². The van der Waals surface area contributed by atoms with E-state index in [4.69, 9.17) is 9.84 Å². The molecule has 0 bridgehead atoms. The molecule has 0 aliphatic carbocycles. The number of para-hydroxylation sites is 1. The Hall–Kier alpha value is -4.08. The van der Waals surface area contributed by atoms with Gasteiger partial charge in [0.1, 0.15) is 11.4 Å². The van der Waals surface area contributed by atoms with Crippen LogP contribution in [0.5, 0.6) is 5.75 Å². The van der Waals surface area contributed by atoms with E-state index in [9.17, 15) is 4.79 Å². The lowest BCUT2D eigenvalue weighted by Crippen LogP contribution is -2.23. The number of benzene rings is 2. The summed E-state index contributed by atoms with van der Waals surface area (Å²) in [5.74, 6) is 2.04. The molecule has 39 heavy (non-hydrogen) atoms. The van der Waals surface area contributed by atoms with Gasteiger partial charge in [-0.25, -0.2) is 4.68 Å². The number of aromatic nitrogens is 5. The standard InChI is InChI=1S/C30H27N5O2S2/c1-19(2)13-14-37-24-12-11-21(16-20(24)3)27-22(18-34(32-27)23-8-5-4-6-9-23)17-26-29(36)35-30(39-26)31-28(33-35)25-10-7-15-38-25/h4-12,15-19H,13-14H2,1-3H3. The molecule has 0 saturated heterocycles. The van der Waals surface area contributed by atoms with Gasteiger partial charge in [0.05, 0.1) is 21.7 Å². The van der Waals surface area contributed by atoms with Crippen LogP contribution in [0, 0.1) is 12.8 Å². The molecule has 4 aromatic heterocycles. The number of aryl methyl sites for hydroxylation is 1. The van der Waals surface area contributed by atoms with Crippen LogP contribution in [-0.4, -0.2) is 31.0 Å². The monoisotopic (exact) mass is 553 g/mol. The molecule has 2 aromatic carbocycles. The molecule has 0 aliphatic heterocycles. The van der Waals surface area contributed by atoms with Gasteiger partial charge in [0.25, 0.3) is 5.56 Å². The van der Waals surface area contributed by atoms with Crippen molar-refractivity contribution in [1.82, 2.24) is 24.4 Å². The van der Waals surface area contributed by atoms with Crippen LogP contribution < -0.4 is 14.8 Å². The third-order valence-corrected chi connectivity index (χ3v) is 8.20. The number of rotatable bonds is 8. The predicted octanol–water partition coefficient (Wildman–Crippen LogP) is 6.01. The van der Waals surface area contributed by atoms with Crippen LogP contribution in [0.15, 0.2) is 77.0 Å². The van der Waals surface area contributed by atoms with E-state index < -0.39 is 0 Å². The molecule has 0 amide bonds. The van der Waals surface area contributed by atoms with Gasteiger partial charge >= 0.3 is 0 Å². The maximum absolute atomic E-state index is 13.3. The van der Waals surface area contributed by atoms with Gasteiger partial charge < -0.3 is 4.74 Å². The average Bonchev–Trinajstić information content (AvgIpc) is 3.72. The van der Waals surface area contributed by atoms with E-state index in [0.29, 0.717) is 27.8 Å². The lowest BCUT2D eigenvalue weighted by Gasteiger charge is -2.11. The quantitative estimate of drug-likeness (QED) is 0.231. The Morgan fingerprint density at radius 3 is 2.62 bits per heavy atom. The van der Waals surface area contributed by atoms with Gasteiger partial charge in [-0.3, -0.25) is 4.79 Å². The van der Waals surface area contributed by atoms with Crippen molar-refractivity contribution in [2.45, 2.75) is 27.2 Å². The van der Waals surface area contributed by atoms with Gasteiger partial charge in [-0.15, -0.1) is 16.4 Å². The normalized spacial score (nSPS) is 12.2. The fraction of sp³-hybridized carbons (Fsp3) is 0.200. The van der Waals surface area contributed by atoms with Crippen LogP contribution in [0.1, 0.15) is 31.4 Å². The number of hydrogen-bond acceptors (Lipinski definition) is 7. The Bertz CT molecular complexity index is 1850. The first kappa shape index (κ1) is 25.2. The Kier molecular flexibility index (Phi) is 6.85. The summed E-state index contributed by atoms with van der Waals surface area (Å²) in [6.07, 6.45) is 4.85. The van der Waals surface area contributed by atoms with Crippen molar-refractivity contribution in [1.29, 1.82) is 0 Å². The highest BCUT2D eigenvalue weighted by atomic mass is 32.1. The molecule has 0 N–H and O–H groups in total. The fourth-order valence-electron chi connectivity index (χ4n) is 4.28. The summed E-state index contributed by atoms with van der Waals surface area (Å²) in [6.45, 7) is 7.12. The molecule has 0 radical (unpaired) electrons. The van der Waals surface area contributed by atoms with Gasteiger partial charge in [-0.2, -0.15) is 14.6 Å². The predicted molar refractivity (Wildman–Crippen MR) is 158 cm³/mol. The highest BCUT2D eigenvalue weighted by Crippen LogP contribution is 2.29. The first-order chi connectivity index (χ1) is 19.0. The molecule has 6 rings (SSSR count). The molecule has 9 heteroatoms. The third kappa shape index (κ3) is 5.15. The van der Waals surface area contributed by atoms with Gasteiger partial charge in [-0.1, -0.05) is 49.4 Å². The van der Waals surface area contributed by atoms with Crippen molar-refractivity contribution in [3.05, 3.63) is 98.3 Å². The molecule has 0 unspecified atom stereocenters. The zero-order valence-electron chi connectivity index (χ0n) is 21.9. The van der Waals surface area contributed by atoms with Crippen LogP contribution in [-0.2, 0) is 0 Å². The third-order valence-electron chi connectivity index (χ3n) is 6.37. The number of nitrogens with zero attached hydrogens (tertiary/aromatic N) is 5. The fourth-order valence-corrected chi connectivity index (χ4v) is 5.83. The minimum Gasteiger partial charge on any atom is -0.493 e. The van der Waals surface area contributed by atoms with Crippen LogP contribution in [0.4, 0.5) is 0 Å². The molecule has 6 aromatic rings. The molecule has 0 aliphatic rings. The van der Waals surface area contributed by atoms with E-state index in [-0.39, 0.29) is 5.56 Å². The molecule has 196 valence electrons. The number of thiazole rings is 1. The number of hydrogen-bond donors (Lipinski definition) is 0. The minimum atomic E-state index is -0.186. The van der Waals surface area contributed by atoms with E-state index in [2.05, 4.69) is 30.0 Å². The Labute approximate surface area is 233 Å². The first-order valence-corrected chi connectivity index (χ1v) is 14.5. The summed E-state index contributed by atoms with van der Waals surface area (Å²) in [6, 6.07) is 20.0.